The third-order valence-corrected chi connectivity index (χ3v) is 7.57. The summed E-state index contributed by atoms with van der Waals surface area (Å²) >= 11 is 6.16. The molecule has 1 atom stereocenters. The number of nitrogens with zero attached hydrogens (tertiary/aromatic N) is 2. The van der Waals surface area contributed by atoms with Crippen LogP contribution in [0.5, 0.6) is 5.75 Å². The Kier molecular flexibility index (Phi) is 10.9. The minimum absolute atomic E-state index is 0.0618. The van der Waals surface area contributed by atoms with Crippen LogP contribution in [0.4, 0.5) is 10.1 Å². The number of nitrogens with one attached hydrogen (secondary N) is 1. The van der Waals surface area contributed by atoms with E-state index in [1.807, 2.05) is 37.3 Å². The molecule has 0 heterocycles. The van der Waals surface area contributed by atoms with Gasteiger partial charge in [-0.2, -0.15) is 0 Å². The fourth-order valence-electron chi connectivity index (χ4n) is 4.18. The number of hydrogen-bond acceptors (Lipinski definition) is 5. The molecule has 0 radical (unpaired) electrons. The van der Waals surface area contributed by atoms with E-state index in [1.54, 1.807) is 6.07 Å². The van der Waals surface area contributed by atoms with Gasteiger partial charge in [-0.3, -0.25) is 13.9 Å². The number of anilines is 1. The number of ether oxygens (including phenoxy) is 1. The number of carbonyl (C=O) groups is 2. The Labute approximate surface area is 239 Å². The first-order valence-corrected chi connectivity index (χ1v) is 14.9. The molecule has 0 saturated carbocycles. The van der Waals surface area contributed by atoms with Crippen molar-refractivity contribution >= 4 is 39.1 Å². The highest BCUT2D eigenvalue weighted by atomic mass is 35.5. The first kappa shape index (κ1) is 30.9. The van der Waals surface area contributed by atoms with Gasteiger partial charge in [0.15, 0.2) is 0 Å². The van der Waals surface area contributed by atoms with Crippen LogP contribution in [-0.2, 0) is 32.6 Å². The summed E-state index contributed by atoms with van der Waals surface area (Å²) in [7, 11) is -2.65. The summed E-state index contributed by atoms with van der Waals surface area (Å²) in [4.78, 5) is 28.7. The van der Waals surface area contributed by atoms with Gasteiger partial charge in [0.2, 0.25) is 21.8 Å². The van der Waals surface area contributed by atoms with Crippen LogP contribution in [-0.4, -0.2) is 57.6 Å². The van der Waals surface area contributed by atoms with Gasteiger partial charge in [-0.15, -0.1) is 0 Å². The number of amides is 2. The summed E-state index contributed by atoms with van der Waals surface area (Å²) in [6.07, 6.45) is 1.76. The maximum absolute atomic E-state index is 14.8. The second kappa shape index (κ2) is 14.1. The number of rotatable bonds is 13. The molecular formula is C29H33ClFN3O5S. The molecule has 0 aliphatic carbocycles. The van der Waals surface area contributed by atoms with Gasteiger partial charge < -0.3 is 15.0 Å². The first-order valence-electron chi connectivity index (χ1n) is 12.7. The van der Waals surface area contributed by atoms with Gasteiger partial charge in [0.05, 0.1) is 19.1 Å². The van der Waals surface area contributed by atoms with Crippen LogP contribution >= 0.6 is 11.6 Å². The second-order valence-corrected chi connectivity index (χ2v) is 11.5. The fourth-order valence-corrected chi connectivity index (χ4v) is 5.19. The zero-order valence-corrected chi connectivity index (χ0v) is 24.2. The van der Waals surface area contributed by atoms with E-state index in [0.717, 1.165) is 16.1 Å². The van der Waals surface area contributed by atoms with Crippen molar-refractivity contribution < 1.29 is 27.1 Å². The predicted molar refractivity (Wildman–Crippen MR) is 154 cm³/mol. The second-order valence-electron chi connectivity index (χ2n) is 9.20. The van der Waals surface area contributed by atoms with Crippen molar-refractivity contribution in [2.45, 2.75) is 32.4 Å². The number of halogens is 2. The minimum atomic E-state index is -4.02. The van der Waals surface area contributed by atoms with Crippen LogP contribution < -0.4 is 14.4 Å². The van der Waals surface area contributed by atoms with Gasteiger partial charge >= 0.3 is 0 Å². The van der Waals surface area contributed by atoms with Gasteiger partial charge in [-0.05, 0) is 36.2 Å². The Hall–Kier alpha value is -3.63. The van der Waals surface area contributed by atoms with Crippen molar-refractivity contribution in [1.82, 2.24) is 10.2 Å². The lowest BCUT2D eigenvalue weighted by atomic mass is 10.0. The van der Waals surface area contributed by atoms with Crippen LogP contribution in [0.3, 0.4) is 0 Å². The molecule has 0 fully saturated rings. The summed E-state index contributed by atoms with van der Waals surface area (Å²) in [6, 6.07) is 18.4. The SMILES string of the molecule is CCCNC(=O)[C@H](Cc1ccccc1)N(Cc1ccccc1F)C(=O)CN(c1cc(Cl)ccc1OC)S(C)(=O)=O. The highest BCUT2D eigenvalue weighted by molar-refractivity contribution is 7.92. The molecule has 0 saturated heterocycles. The highest BCUT2D eigenvalue weighted by Crippen LogP contribution is 2.33. The van der Waals surface area contributed by atoms with Crippen molar-refractivity contribution in [1.29, 1.82) is 0 Å². The molecule has 0 aliphatic heterocycles. The molecule has 3 aromatic rings. The summed E-state index contributed by atoms with van der Waals surface area (Å²) in [6.45, 7) is 1.35. The Balaban J connectivity index is 2.09. The van der Waals surface area contributed by atoms with Gasteiger partial charge in [0.25, 0.3) is 0 Å². The van der Waals surface area contributed by atoms with E-state index in [2.05, 4.69) is 5.32 Å². The zero-order chi connectivity index (χ0) is 29.3. The van der Waals surface area contributed by atoms with Gasteiger partial charge in [0.1, 0.15) is 24.2 Å². The number of carbonyl (C=O) groups excluding carboxylic acids is 2. The maximum Gasteiger partial charge on any atom is 0.244 e. The summed E-state index contributed by atoms with van der Waals surface area (Å²) in [5.41, 5.74) is 1.03. The average molecular weight is 590 g/mol. The van der Waals surface area contributed by atoms with E-state index in [4.69, 9.17) is 16.3 Å². The Morgan fingerprint density at radius 1 is 1.05 bits per heavy atom. The normalized spacial score (nSPS) is 11.9. The van der Waals surface area contributed by atoms with Crippen LogP contribution in [0.15, 0.2) is 72.8 Å². The molecule has 2 amide bonds. The lowest BCUT2D eigenvalue weighted by Gasteiger charge is -2.33. The molecule has 0 spiro atoms. The van der Waals surface area contributed by atoms with E-state index >= 15 is 0 Å². The van der Waals surface area contributed by atoms with Gasteiger partial charge in [0, 0.05) is 30.1 Å². The van der Waals surface area contributed by atoms with Crippen LogP contribution in [0.25, 0.3) is 0 Å². The molecular weight excluding hydrogens is 557 g/mol. The van der Waals surface area contributed by atoms with Crippen molar-refractivity contribution in [3.63, 3.8) is 0 Å². The van der Waals surface area contributed by atoms with Crippen LogP contribution in [0.1, 0.15) is 24.5 Å². The van der Waals surface area contributed by atoms with Gasteiger partial charge in [-0.25, -0.2) is 12.8 Å². The first-order chi connectivity index (χ1) is 19.0. The van der Waals surface area contributed by atoms with Crippen molar-refractivity contribution in [3.05, 3.63) is 94.8 Å². The molecule has 8 nitrogen and oxygen atoms in total. The summed E-state index contributed by atoms with van der Waals surface area (Å²) in [5.74, 6) is -1.50. The third kappa shape index (κ3) is 8.19. The Morgan fingerprint density at radius 3 is 2.35 bits per heavy atom. The van der Waals surface area contributed by atoms with E-state index in [1.165, 1.54) is 48.4 Å². The lowest BCUT2D eigenvalue weighted by Crippen LogP contribution is -2.53. The number of hydrogen-bond donors (Lipinski definition) is 1. The number of methoxy groups -OCH3 is 1. The maximum atomic E-state index is 14.8. The molecule has 40 heavy (non-hydrogen) atoms. The monoisotopic (exact) mass is 589 g/mol. The predicted octanol–water partition coefficient (Wildman–Crippen LogP) is 4.42. The molecule has 3 rings (SSSR count). The molecule has 0 aromatic heterocycles. The largest absolute Gasteiger partial charge is 0.495 e. The van der Waals surface area contributed by atoms with E-state index in [0.29, 0.717) is 13.0 Å². The minimum Gasteiger partial charge on any atom is -0.495 e. The smallest absolute Gasteiger partial charge is 0.244 e. The Morgan fingerprint density at radius 2 is 1.73 bits per heavy atom. The molecule has 0 aliphatic rings. The third-order valence-electron chi connectivity index (χ3n) is 6.21. The van der Waals surface area contributed by atoms with Crippen molar-refractivity contribution in [2.24, 2.45) is 0 Å². The van der Waals surface area contributed by atoms with Crippen molar-refractivity contribution in [3.8, 4) is 5.75 Å². The van der Waals surface area contributed by atoms with Crippen LogP contribution in [0.2, 0.25) is 5.02 Å². The Bertz CT molecular complexity index is 1420. The quantitative estimate of drug-likeness (QED) is 0.318. The topological polar surface area (TPSA) is 96.0 Å². The average Bonchev–Trinajstić information content (AvgIpc) is 2.93. The summed E-state index contributed by atoms with van der Waals surface area (Å²) in [5, 5.41) is 3.07. The number of benzene rings is 3. The lowest BCUT2D eigenvalue weighted by molar-refractivity contribution is -0.140. The molecule has 11 heteroatoms. The van der Waals surface area contributed by atoms with Crippen molar-refractivity contribution in [2.75, 3.05) is 30.8 Å². The zero-order valence-electron chi connectivity index (χ0n) is 22.6. The number of sulfonamides is 1. The molecule has 0 bridgehead atoms. The van der Waals surface area contributed by atoms with Gasteiger partial charge in [-0.1, -0.05) is 67.1 Å². The van der Waals surface area contributed by atoms with Crippen LogP contribution in [0, 0.1) is 5.82 Å². The van der Waals surface area contributed by atoms with E-state index in [-0.39, 0.29) is 35.0 Å². The molecule has 214 valence electrons. The van der Waals surface area contributed by atoms with E-state index < -0.39 is 40.2 Å². The summed E-state index contributed by atoms with van der Waals surface area (Å²) < 4.78 is 46.9. The van der Waals surface area contributed by atoms with E-state index in [9.17, 15) is 22.4 Å². The molecule has 3 aromatic carbocycles. The highest BCUT2D eigenvalue weighted by Gasteiger charge is 2.34. The fraction of sp³-hybridized carbons (Fsp3) is 0.310. The molecule has 1 N–H and O–H groups in total. The standard InChI is InChI=1S/C29H33ClFN3O5S/c1-4-16-32-29(36)26(17-21-10-6-5-7-11-21)33(19-22-12-8-9-13-24(22)31)28(35)20-34(40(3,37)38)25-18-23(30)14-15-27(25)39-2/h5-15,18,26H,4,16-17,19-20H2,1-3H3,(H,32,36)/t26-/m0/s1. The molecule has 0 unspecified atom stereocenters.